The van der Waals surface area contributed by atoms with E-state index in [-0.39, 0.29) is 11.9 Å². The van der Waals surface area contributed by atoms with E-state index in [9.17, 15) is 4.79 Å². The van der Waals surface area contributed by atoms with Crippen molar-refractivity contribution in [3.05, 3.63) is 70.1 Å². The molecular formula is C19H18ClNOS. The summed E-state index contributed by atoms with van der Waals surface area (Å²) in [5.74, 6) is -0.00458. The van der Waals surface area contributed by atoms with Crippen LogP contribution in [0.3, 0.4) is 0 Å². The zero-order valence-electron chi connectivity index (χ0n) is 13.1. The van der Waals surface area contributed by atoms with Gasteiger partial charge in [-0.1, -0.05) is 60.1 Å². The molecule has 0 saturated heterocycles. The standard InChI is InChI=1S/C19H18ClNOS/c1-13(2)21(12-14-8-4-3-5-9-14)19(22)18-17(20)15-10-6-7-11-16(15)23-18/h3-11,13H,12H2,1-2H3. The van der Waals surface area contributed by atoms with Crippen molar-refractivity contribution in [3.63, 3.8) is 0 Å². The molecule has 0 bridgehead atoms. The van der Waals surface area contributed by atoms with E-state index in [4.69, 9.17) is 11.6 Å². The number of rotatable bonds is 4. The van der Waals surface area contributed by atoms with Gasteiger partial charge in [-0.25, -0.2) is 0 Å². The molecule has 0 N–H and O–H groups in total. The fourth-order valence-corrected chi connectivity index (χ4v) is 4.02. The highest BCUT2D eigenvalue weighted by atomic mass is 35.5. The van der Waals surface area contributed by atoms with Gasteiger partial charge in [0.25, 0.3) is 5.91 Å². The second-order valence-corrected chi connectivity index (χ2v) is 7.18. The topological polar surface area (TPSA) is 20.3 Å². The normalized spacial score (nSPS) is 11.1. The molecule has 0 atom stereocenters. The molecule has 2 aromatic carbocycles. The SMILES string of the molecule is CC(C)N(Cc1ccccc1)C(=O)c1sc2ccccc2c1Cl. The van der Waals surface area contributed by atoms with Gasteiger partial charge in [0.2, 0.25) is 0 Å². The van der Waals surface area contributed by atoms with Crippen LogP contribution in [0.4, 0.5) is 0 Å². The molecule has 1 heterocycles. The molecule has 3 rings (SSSR count). The lowest BCUT2D eigenvalue weighted by Crippen LogP contribution is -2.36. The van der Waals surface area contributed by atoms with Gasteiger partial charge in [0, 0.05) is 22.7 Å². The van der Waals surface area contributed by atoms with Gasteiger partial charge in [0.1, 0.15) is 4.88 Å². The van der Waals surface area contributed by atoms with E-state index in [1.54, 1.807) is 0 Å². The molecule has 23 heavy (non-hydrogen) atoms. The summed E-state index contributed by atoms with van der Waals surface area (Å²) in [5.41, 5.74) is 1.12. The van der Waals surface area contributed by atoms with Gasteiger partial charge in [-0.2, -0.15) is 0 Å². The molecule has 0 aliphatic carbocycles. The highest BCUT2D eigenvalue weighted by Crippen LogP contribution is 2.36. The Labute approximate surface area is 145 Å². The lowest BCUT2D eigenvalue weighted by Gasteiger charge is -2.26. The number of hydrogen-bond acceptors (Lipinski definition) is 2. The van der Waals surface area contributed by atoms with E-state index in [1.165, 1.54) is 11.3 Å². The van der Waals surface area contributed by atoms with E-state index in [0.29, 0.717) is 16.4 Å². The summed E-state index contributed by atoms with van der Waals surface area (Å²) >= 11 is 7.93. The summed E-state index contributed by atoms with van der Waals surface area (Å²) in [4.78, 5) is 15.5. The summed E-state index contributed by atoms with van der Waals surface area (Å²) < 4.78 is 1.05. The van der Waals surface area contributed by atoms with Crippen LogP contribution in [-0.2, 0) is 6.54 Å². The van der Waals surface area contributed by atoms with Gasteiger partial charge < -0.3 is 4.90 Å². The fourth-order valence-electron chi connectivity index (χ4n) is 2.55. The Morgan fingerprint density at radius 3 is 2.39 bits per heavy atom. The molecule has 4 heteroatoms. The van der Waals surface area contributed by atoms with Gasteiger partial charge >= 0.3 is 0 Å². The molecule has 0 aliphatic rings. The van der Waals surface area contributed by atoms with Gasteiger partial charge in [0.15, 0.2) is 0 Å². The second-order valence-electron chi connectivity index (χ2n) is 5.75. The third kappa shape index (κ3) is 3.26. The number of fused-ring (bicyclic) bond motifs is 1. The van der Waals surface area contributed by atoms with E-state index >= 15 is 0 Å². The summed E-state index contributed by atoms with van der Waals surface area (Å²) in [7, 11) is 0. The first-order chi connectivity index (χ1) is 11.1. The number of halogens is 1. The Bertz CT molecular complexity index is 826. The van der Waals surface area contributed by atoms with Gasteiger partial charge in [0.05, 0.1) is 5.02 Å². The van der Waals surface area contributed by atoms with Crippen molar-refractivity contribution in [2.24, 2.45) is 0 Å². The maximum absolute atomic E-state index is 13.0. The number of nitrogens with zero attached hydrogens (tertiary/aromatic N) is 1. The van der Waals surface area contributed by atoms with Crippen molar-refractivity contribution >= 4 is 38.9 Å². The van der Waals surface area contributed by atoms with E-state index < -0.39 is 0 Å². The average molecular weight is 344 g/mol. The molecule has 1 aromatic heterocycles. The van der Waals surface area contributed by atoms with Gasteiger partial charge in [-0.15, -0.1) is 11.3 Å². The van der Waals surface area contributed by atoms with E-state index in [0.717, 1.165) is 15.6 Å². The van der Waals surface area contributed by atoms with Crippen molar-refractivity contribution in [1.29, 1.82) is 0 Å². The number of hydrogen-bond donors (Lipinski definition) is 0. The van der Waals surface area contributed by atoms with Crippen LogP contribution in [0.1, 0.15) is 29.1 Å². The third-order valence-corrected chi connectivity index (χ3v) is 5.47. The minimum Gasteiger partial charge on any atom is -0.331 e. The number of carbonyl (C=O) groups is 1. The zero-order chi connectivity index (χ0) is 16.4. The molecule has 0 saturated carbocycles. The maximum Gasteiger partial charge on any atom is 0.266 e. The Morgan fingerprint density at radius 2 is 1.74 bits per heavy atom. The van der Waals surface area contributed by atoms with Crippen LogP contribution in [0.2, 0.25) is 5.02 Å². The Balaban J connectivity index is 1.95. The molecule has 0 fully saturated rings. The van der Waals surface area contributed by atoms with Gasteiger partial charge in [-0.3, -0.25) is 4.79 Å². The highest BCUT2D eigenvalue weighted by molar-refractivity contribution is 7.21. The molecule has 0 spiro atoms. The maximum atomic E-state index is 13.0. The minimum absolute atomic E-state index is 0.00458. The number of benzene rings is 2. The summed E-state index contributed by atoms with van der Waals surface area (Å²) in [6, 6.07) is 18.0. The summed E-state index contributed by atoms with van der Waals surface area (Å²) in [6.07, 6.45) is 0. The third-order valence-electron chi connectivity index (χ3n) is 3.81. The van der Waals surface area contributed by atoms with Crippen molar-refractivity contribution in [2.45, 2.75) is 26.4 Å². The molecule has 2 nitrogen and oxygen atoms in total. The molecular weight excluding hydrogens is 326 g/mol. The average Bonchev–Trinajstić information content (AvgIpc) is 2.90. The van der Waals surface area contributed by atoms with Crippen LogP contribution in [0.15, 0.2) is 54.6 Å². The fraction of sp³-hybridized carbons (Fsp3) is 0.211. The largest absolute Gasteiger partial charge is 0.331 e. The summed E-state index contributed by atoms with van der Waals surface area (Å²) in [5, 5.41) is 1.51. The van der Waals surface area contributed by atoms with Crippen molar-refractivity contribution in [2.75, 3.05) is 0 Å². The quantitative estimate of drug-likeness (QED) is 0.603. The van der Waals surface area contributed by atoms with Crippen LogP contribution in [0.5, 0.6) is 0 Å². The van der Waals surface area contributed by atoms with Crippen molar-refractivity contribution < 1.29 is 4.79 Å². The number of amides is 1. The lowest BCUT2D eigenvalue weighted by molar-refractivity contribution is 0.0695. The zero-order valence-corrected chi connectivity index (χ0v) is 14.7. The van der Waals surface area contributed by atoms with Crippen LogP contribution in [-0.4, -0.2) is 16.8 Å². The number of thiophene rings is 1. The molecule has 0 aliphatic heterocycles. The molecule has 3 aromatic rings. The first-order valence-corrected chi connectivity index (χ1v) is 8.79. The lowest BCUT2D eigenvalue weighted by atomic mass is 10.1. The molecule has 0 radical (unpaired) electrons. The van der Waals surface area contributed by atoms with Crippen molar-refractivity contribution in [1.82, 2.24) is 4.90 Å². The van der Waals surface area contributed by atoms with Crippen LogP contribution in [0, 0.1) is 0 Å². The van der Waals surface area contributed by atoms with Crippen molar-refractivity contribution in [3.8, 4) is 0 Å². The first-order valence-electron chi connectivity index (χ1n) is 7.60. The van der Waals surface area contributed by atoms with Crippen LogP contribution < -0.4 is 0 Å². The Hall–Kier alpha value is -1.84. The van der Waals surface area contributed by atoms with E-state index in [1.807, 2.05) is 73.3 Å². The molecule has 1 amide bonds. The number of carbonyl (C=O) groups excluding carboxylic acids is 1. The smallest absolute Gasteiger partial charge is 0.266 e. The second kappa shape index (κ2) is 6.73. The minimum atomic E-state index is -0.00458. The Morgan fingerprint density at radius 1 is 1.09 bits per heavy atom. The predicted octanol–water partition coefficient (Wildman–Crippen LogP) is 5.61. The van der Waals surface area contributed by atoms with Gasteiger partial charge in [-0.05, 0) is 25.5 Å². The molecule has 0 unspecified atom stereocenters. The first kappa shape index (κ1) is 16.0. The summed E-state index contributed by atoms with van der Waals surface area (Å²) in [6.45, 7) is 4.64. The predicted molar refractivity (Wildman–Crippen MR) is 98.3 cm³/mol. The van der Waals surface area contributed by atoms with E-state index in [2.05, 4.69) is 0 Å². The monoisotopic (exact) mass is 343 g/mol. The molecule has 118 valence electrons. The van der Waals surface area contributed by atoms with Crippen LogP contribution >= 0.6 is 22.9 Å². The Kier molecular flexibility index (Phi) is 4.69. The van der Waals surface area contributed by atoms with Crippen LogP contribution in [0.25, 0.3) is 10.1 Å². The highest BCUT2D eigenvalue weighted by Gasteiger charge is 2.24.